The first-order chi connectivity index (χ1) is 19.1. The summed E-state index contributed by atoms with van der Waals surface area (Å²) in [6.45, 7) is 35.7. The zero-order valence-corrected chi connectivity index (χ0v) is 35.0. The molecule has 1 fully saturated rings. The second-order valence-electron chi connectivity index (χ2n) is 17.4. The molecule has 3 aliphatic carbocycles. The molecule has 0 aromatic heterocycles. The van der Waals surface area contributed by atoms with Crippen molar-refractivity contribution in [2.45, 2.75) is 146 Å². The standard InChI is InChI=1S/3C12H20O2.2CH4.I2/c3*1-10(2)8(13)7-9(14)11(3,4)12(10,5)6;;;1-2/h7H2,1-6H3;2*7,13H,1-6H3;2*1H4;. The van der Waals surface area contributed by atoms with Crippen LogP contribution in [-0.4, -0.2) is 33.3 Å². The molecule has 46 heavy (non-hydrogen) atoms. The SMILES string of the molecule is C.C.CC1(C)C(=O)C=C(O)C(C)(C)C1(C)C.CC1(C)C(=O)C=C(O)C(C)(C)C1(C)C.CC1(C)C(=O)CC(=O)C(C)(C)C1(C)C.II. The number of carbonyl (C=O) groups excluding carboxylic acids is 4. The van der Waals surface area contributed by atoms with Crippen LogP contribution in [0.1, 0.15) is 146 Å². The summed E-state index contributed by atoms with van der Waals surface area (Å²) in [6.07, 6.45) is 2.86. The average molecular weight is 875 g/mol. The summed E-state index contributed by atoms with van der Waals surface area (Å²) < 4.78 is 0. The highest BCUT2D eigenvalue weighted by molar-refractivity contribution is 15.0. The fourth-order valence-electron chi connectivity index (χ4n) is 5.86. The molecule has 0 spiro atoms. The third kappa shape index (κ3) is 7.52. The van der Waals surface area contributed by atoms with Crippen LogP contribution in [-0.2, 0) is 19.2 Å². The molecule has 0 radical (unpaired) electrons. The summed E-state index contributed by atoms with van der Waals surface area (Å²) in [7, 11) is 0. The molecule has 0 amide bonds. The van der Waals surface area contributed by atoms with Gasteiger partial charge in [-0.05, 0) is 16.2 Å². The Balaban J connectivity index is -0.000000574. The van der Waals surface area contributed by atoms with Crippen molar-refractivity contribution in [2.75, 3.05) is 0 Å². The Kier molecular flexibility index (Phi) is 16.2. The highest BCUT2D eigenvalue weighted by Gasteiger charge is 2.59. The molecule has 3 aliphatic rings. The monoisotopic (exact) mass is 874 g/mol. The number of aliphatic hydroxyl groups is 2. The van der Waals surface area contributed by atoms with Crippen molar-refractivity contribution in [1.29, 1.82) is 0 Å². The number of halogens is 2. The summed E-state index contributed by atoms with van der Waals surface area (Å²) in [5, 5.41) is 19.6. The van der Waals surface area contributed by atoms with Crippen molar-refractivity contribution >= 4 is 60.4 Å². The van der Waals surface area contributed by atoms with Crippen molar-refractivity contribution < 1.29 is 29.4 Å². The van der Waals surface area contributed by atoms with Crippen LogP contribution in [0.3, 0.4) is 0 Å². The van der Waals surface area contributed by atoms with Crippen molar-refractivity contribution in [3.63, 3.8) is 0 Å². The van der Waals surface area contributed by atoms with Gasteiger partial charge in [-0.1, -0.05) is 139 Å². The average Bonchev–Trinajstić information content (AvgIpc) is 2.87. The molecule has 6 nitrogen and oxygen atoms in total. The number of Topliss-reactive ketones (excluding diaryl/α,β-unsaturated/α-hetero) is 2. The number of hydrogen-bond acceptors (Lipinski definition) is 6. The number of hydrogen-bond donors (Lipinski definition) is 2. The molecule has 0 bridgehead atoms. The van der Waals surface area contributed by atoms with Gasteiger partial charge in [0, 0.05) is 81.9 Å². The molecular formula is C38H68I2O6. The van der Waals surface area contributed by atoms with Gasteiger partial charge in [0.25, 0.3) is 0 Å². The number of ketones is 4. The van der Waals surface area contributed by atoms with E-state index >= 15 is 0 Å². The smallest absolute Gasteiger partial charge is 0.165 e. The number of aliphatic hydroxyl groups excluding tert-OH is 2. The third-order valence-corrected chi connectivity index (χ3v) is 14.1. The second-order valence-corrected chi connectivity index (χ2v) is 17.4. The quantitative estimate of drug-likeness (QED) is 0.185. The molecule has 0 aliphatic heterocycles. The zero-order valence-electron chi connectivity index (χ0n) is 30.6. The largest absolute Gasteiger partial charge is 0.512 e. The Morgan fingerprint density at radius 2 is 0.630 bits per heavy atom. The lowest BCUT2D eigenvalue weighted by molar-refractivity contribution is -0.160. The molecule has 1 saturated carbocycles. The van der Waals surface area contributed by atoms with E-state index in [1.54, 1.807) is 0 Å². The van der Waals surface area contributed by atoms with Crippen LogP contribution in [0.5, 0.6) is 0 Å². The van der Waals surface area contributed by atoms with E-state index in [1.807, 2.05) is 125 Å². The Morgan fingerprint density at radius 1 is 0.435 bits per heavy atom. The predicted molar refractivity (Wildman–Crippen MR) is 212 cm³/mol. The molecule has 0 aromatic rings. The van der Waals surface area contributed by atoms with E-state index in [1.165, 1.54) is 12.2 Å². The van der Waals surface area contributed by atoms with Crippen LogP contribution in [0.15, 0.2) is 23.7 Å². The minimum Gasteiger partial charge on any atom is -0.512 e. The number of carbonyl (C=O) groups is 4. The first-order valence-corrected chi connectivity index (χ1v) is 21.6. The maximum atomic E-state index is 11.8. The van der Waals surface area contributed by atoms with E-state index in [-0.39, 0.29) is 83.0 Å². The molecule has 0 saturated heterocycles. The first-order valence-electron chi connectivity index (χ1n) is 15.3. The van der Waals surface area contributed by atoms with Crippen molar-refractivity contribution in [3.05, 3.63) is 23.7 Å². The van der Waals surface area contributed by atoms with Gasteiger partial charge in [0.1, 0.15) is 23.1 Å². The van der Waals surface area contributed by atoms with Crippen LogP contribution in [0.2, 0.25) is 0 Å². The zero-order chi connectivity index (χ0) is 36.1. The lowest BCUT2D eigenvalue weighted by atomic mass is 9.48. The summed E-state index contributed by atoms with van der Waals surface area (Å²) >= 11 is 4.24. The number of rotatable bonds is 0. The maximum absolute atomic E-state index is 11.8. The van der Waals surface area contributed by atoms with Crippen molar-refractivity contribution in [1.82, 2.24) is 0 Å². The molecule has 0 aromatic carbocycles. The van der Waals surface area contributed by atoms with E-state index in [0.717, 1.165) is 0 Å². The first kappa shape index (κ1) is 49.6. The van der Waals surface area contributed by atoms with E-state index in [2.05, 4.69) is 37.2 Å². The highest BCUT2D eigenvalue weighted by Crippen LogP contribution is 2.59. The molecular weight excluding hydrogens is 806 g/mol. The van der Waals surface area contributed by atoms with Gasteiger partial charge < -0.3 is 10.2 Å². The van der Waals surface area contributed by atoms with Crippen LogP contribution in [0.4, 0.5) is 0 Å². The summed E-state index contributed by atoms with van der Waals surface area (Å²) in [4.78, 5) is 47.2. The van der Waals surface area contributed by atoms with E-state index < -0.39 is 21.7 Å². The topological polar surface area (TPSA) is 109 Å². The van der Waals surface area contributed by atoms with Crippen molar-refractivity contribution in [2.24, 2.45) is 48.7 Å². The van der Waals surface area contributed by atoms with Gasteiger partial charge in [-0.25, -0.2) is 0 Å². The van der Waals surface area contributed by atoms with Crippen LogP contribution in [0, 0.1) is 48.7 Å². The Hall–Kier alpha value is -0.780. The summed E-state index contributed by atoms with van der Waals surface area (Å²) in [5.41, 5.74) is -3.19. The van der Waals surface area contributed by atoms with E-state index in [0.29, 0.717) is 0 Å². The van der Waals surface area contributed by atoms with Crippen molar-refractivity contribution in [3.8, 4) is 0 Å². The van der Waals surface area contributed by atoms with Crippen LogP contribution >= 0.6 is 37.2 Å². The highest BCUT2D eigenvalue weighted by atomic mass is 128. The van der Waals surface area contributed by atoms with Gasteiger partial charge in [0.15, 0.2) is 11.6 Å². The minimum atomic E-state index is -0.428. The molecule has 0 heterocycles. The lowest BCUT2D eigenvalue weighted by Crippen LogP contribution is -2.57. The molecule has 2 N–H and O–H groups in total. The van der Waals surface area contributed by atoms with Gasteiger partial charge in [-0.2, -0.15) is 0 Å². The van der Waals surface area contributed by atoms with Gasteiger partial charge in [-0.15, -0.1) is 0 Å². The van der Waals surface area contributed by atoms with Gasteiger partial charge in [-0.3, -0.25) is 19.2 Å². The lowest BCUT2D eigenvalue weighted by Gasteiger charge is -2.53. The second kappa shape index (κ2) is 15.0. The van der Waals surface area contributed by atoms with Crippen LogP contribution in [0.25, 0.3) is 0 Å². The summed E-state index contributed by atoms with van der Waals surface area (Å²) in [5.74, 6) is 0.580. The molecule has 270 valence electrons. The fraction of sp³-hybridized carbons (Fsp3) is 0.789. The summed E-state index contributed by atoms with van der Waals surface area (Å²) in [6, 6.07) is 0. The molecule has 0 unspecified atom stereocenters. The Labute approximate surface area is 306 Å². The maximum Gasteiger partial charge on any atom is 0.165 e. The number of allylic oxidation sites excluding steroid dienone is 4. The molecule has 3 rings (SSSR count). The predicted octanol–water partition coefficient (Wildman–Crippen LogP) is 11.8. The molecule has 0 atom stereocenters. The third-order valence-electron chi connectivity index (χ3n) is 14.1. The van der Waals surface area contributed by atoms with Gasteiger partial charge in [0.05, 0.1) is 6.42 Å². The van der Waals surface area contributed by atoms with E-state index in [9.17, 15) is 29.4 Å². The normalized spacial score (nSPS) is 26.3. The molecule has 8 heteroatoms. The van der Waals surface area contributed by atoms with Crippen LogP contribution < -0.4 is 0 Å². The Bertz CT molecular complexity index is 1130. The van der Waals surface area contributed by atoms with Gasteiger partial charge >= 0.3 is 0 Å². The Morgan fingerprint density at radius 3 is 0.848 bits per heavy atom. The van der Waals surface area contributed by atoms with E-state index in [4.69, 9.17) is 0 Å². The van der Waals surface area contributed by atoms with Gasteiger partial charge in [0.2, 0.25) is 0 Å². The minimum absolute atomic E-state index is 0. The fourth-order valence-corrected chi connectivity index (χ4v) is 5.86.